The van der Waals surface area contributed by atoms with Crippen LogP contribution in [0.3, 0.4) is 0 Å². The summed E-state index contributed by atoms with van der Waals surface area (Å²) in [6, 6.07) is 10.4. The van der Waals surface area contributed by atoms with E-state index in [1.165, 1.54) is 18.5 Å². The molecule has 1 atom stereocenters. The molecule has 5 aromatic heterocycles. The number of nitrogens with zero attached hydrogens (tertiary/aromatic N) is 4. The Labute approximate surface area is 213 Å². The van der Waals surface area contributed by atoms with Gasteiger partial charge in [0.25, 0.3) is 0 Å². The number of nitrogens with one attached hydrogen (secondary N) is 3. The molecule has 1 aromatic carbocycles. The summed E-state index contributed by atoms with van der Waals surface area (Å²) in [7, 11) is 0. The number of imidazole rings is 1. The van der Waals surface area contributed by atoms with Crippen LogP contribution >= 0.6 is 11.3 Å². The number of aliphatic hydroxyl groups excluding tert-OH is 1. The SMILES string of the molecule is CCCC(O)Nc1cncc(-c2ncc3[nH]nc(-c4nc5c(-c6ccc(F)s6)cccc5[nH]4)c3c2F)c1. The van der Waals surface area contributed by atoms with E-state index in [0.717, 1.165) is 33.7 Å². The summed E-state index contributed by atoms with van der Waals surface area (Å²) >= 11 is 1.04. The number of fused-ring (bicyclic) bond motifs is 2. The van der Waals surface area contributed by atoms with Crippen molar-refractivity contribution in [2.45, 2.75) is 26.0 Å². The Bertz CT molecular complexity index is 1740. The van der Waals surface area contributed by atoms with Crippen LogP contribution in [0.1, 0.15) is 19.8 Å². The van der Waals surface area contributed by atoms with Gasteiger partial charge in [0.15, 0.2) is 16.8 Å². The summed E-state index contributed by atoms with van der Waals surface area (Å²) in [5.74, 6) is -0.201. The molecule has 0 aliphatic carbocycles. The zero-order chi connectivity index (χ0) is 25.5. The van der Waals surface area contributed by atoms with Crippen molar-refractivity contribution in [3.8, 4) is 33.2 Å². The zero-order valence-electron chi connectivity index (χ0n) is 19.6. The first-order valence-corrected chi connectivity index (χ1v) is 12.5. The first-order chi connectivity index (χ1) is 18.0. The van der Waals surface area contributed by atoms with E-state index in [4.69, 9.17) is 4.98 Å². The van der Waals surface area contributed by atoms with Crippen molar-refractivity contribution in [3.63, 3.8) is 0 Å². The van der Waals surface area contributed by atoms with Crippen molar-refractivity contribution < 1.29 is 13.9 Å². The number of rotatable bonds is 7. The number of hydrogen-bond donors (Lipinski definition) is 4. The van der Waals surface area contributed by atoms with Crippen molar-refractivity contribution in [1.29, 1.82) is 0 Å². The van der Waals surface area contributed by atoms with Crippen LogP contribution in [0, 0.1) is 10.9 Å². The molecule has 0 aliphatic rings. The maximum absolute atomic E-state index is 16.0. The van der Waals surface area contributed by atoms with Gasteiger partial charge in [0.1, 0.15) is 17.6 Å². The summed E-state index contributed by atoms with van der Waals surface area (Å²) < 4.78 is 29.6. The lowest BCUT2D eigenvalue weighted by Crippen LogP contribution is -2.18. The lowest BCUT2D eigenvalue weighted by molar-refractivity contribution is 0.192. The second-order valence-electron chi connectivity index (χ2n) is 8.58. The van der Waals surface area contributed by atoms with Crippen molar-refractivity contribution >= 4 is 39.0 Å². The van der Waals surface area contributed by atoms with Crippen molar-refractivity contribution in [2.75, 3.05) is 5.32 Å². The van der Waals surface area contributed by atoms with Crippen LogP contribution in [-0.2, 0) is 0 Å². The Morgan fingerprint density at radius 1 is 1.08 bits per heavy atom. The first kappa shape index (κ1) is 23.2. The van der Waals surface area contributed by atoms with Gasteiger partial charge in [0.2, 0.25) is 0 Å². The van der Waals surface area contributed by atoms with Crippen LogP contribution in [0.25, 0.3) is 55.2 Å². The predicted octanol–water partition coefficient (Wildman–Crippen LogP) is 6.10. The van der Waals surface area contributed by atoms with Crippen molar-refractivity contribution in [3.05, 3.63) is 65.9 Å². The number of para-hydroxylation sites is 1. The molecule has 0 aliphatic heterocycles. The molecule has 37 heavy (non-hydrogen) atoms. The normalized spacial score (nSPS) is 12.4. The molecule has 0 fully saturated rings. The fraction of sp³-hybridized carbons (Fsp3) is 0.154. The second kappa shape index (κ2) is 9.34. The minimum atomic E-state index is -0.730. The van der Waals surface area contributed by atoms with Gasteiger partial charge in [-0.3, -0.25) is 15.1 Å². The highest BCUT2D eigenvalue weighted by molar-refractivity contribution is 7.14. The molecule has 6 rings (SSSR count). The second-order valence-corrected chi connectivity index (χ2v) is 9.62. The van der Waals surface area contributed by atoms with E-state index in [1.807, 2.05) is 25.1 Å². The molecule has 186 valence electrons. The van der Waals surface area contributed by atoms with Gasteiger partial charge in [0, 0.05) is 22.2 Å². The summed E-state index contributed by atoms with van der Waals surface area (Å²) in [6.07, 6.45) is 5.24. The lowest BCUT2D eigenvalue weighted by atomic mass is 10.1. The van der Waals surface area contributed by atoms with Gasteiger partial charge < -0.3 is 15.4 Å². The van der Waals surface area contributed by atoms with Crippen LogP contribution in [-0.4, -0.2) is 41.5 Å². The third kappa shape index (κ3) is 4.21. The third-order valence-corrected chi connectivity index (χ3v) is 6.93. The van der Waals surface area contributed by atoms with E-state index in [-0.39, 0.29) is 16.2 Å². The maximum atomic E-state index is 16.0. The summed E-state index contributed by atoms with van der Waals surface area (Å²) in [4.78, 5) is 17.2. The highest BCUT2D eigenvalue weighted by Gasteiger charge is 2.21. The maximum Gasteiger partial charge on any atom is 0.176 e. The quantitative estimate of drug-likeness (QED) is 0.190. The van der Waals surface area contributed by atoms with Gasteiger partial charge in [-0.2, -0.15) is 9.49 Å². The van der Waals surface area contributed by atoms with Gasteiger partial charge in [-0.05, 0) is 30.7 Å². The summed E-state index contributed by atoms with van der Waals surface area (Å²) in [6.45, 7) is 1.97. The summed E-state index contributed by atoms with van der Waals surface area (Å²) in [5, 5.41) is 20.1. The molecule has 0 saturated heterocycles. The third-order valence-electron chi connectivity index (χ3n) is 6.03. The minimum absolute atomic E-state index is 0.0992. The fourth-order valence-corrected chi connectivity index (χ4v) is 5.09. The molecule has 6 aromatic rings. The molecule has 5 heterocycles. The van der Waals surface area contributed by atoms with Gasteiger partial charge >= 0.3 is 0 Å². The van der Waals surface area contributed by atoms with Gasteiger partial charge in [-0.25, -0.2) is 9.37 Å². The lowest BCUT2D eigenvalue weighted by Gasteiger charge is -2.13. The van der Waals surface area contributed by atoms with Gasteiger partial charge in [-0.1, -0.05) is 25.5 Å². The average molecular weight is 518 g/mol. The number of H-pyrrole nitrogens is 2. The Kier molecular flexibility index (Phi) is 5.85. The number of hydrogen-bond acceptors (Lipinski definition) is 7. The van der Waals surface area contributed by atoms with Gasteiger partial charge in [0.05, 0.1) is 40.0 Å². The van der Waals surface area contributed by atoms with E-state index in [1.54, 1.807) is 18.3 Å². The largest absolute Gasteiger partial charge is 0.374 e. The minimum Gasteiger partial charge on any atom is -0.374 e. The number of pyridine rings is 2. The number of aromatic nitrogens is 6. The van der Waals surface area contributed by atoms with Crippen LogP contribution in [0.2, 0.25) is 0 Å². The molecule has 1 unspecified atom stereocenters. The van der Waals surface area contributed by atoms with Crippen molar-refractivity contribution in [2.24, 2.45) is 0 Å². The number of aliphatic hydroxyl groups is 1. The summed E-state index contributed by atoms with van der Waals surface area (Å²) in [5.41, 5.74) is 3.96. The van der Waals surface area contributed by atoms with E-state index >= 15 is 4.39 Å². The number of benzene rings is 1. The topological polar surface area (TPSA) is 115 Å². The van der Waals surface area contributed by atoms with E-state index in [9.17, 15) is 9.50 Å². The molecule has 0 spiro atoms. The molecular weight excluding hydrogens is 496 g/mol. The Hall–Kier alpha value is -4.22. The highest BCUT2D eigenvalue weighted by Crippen LogP contribution is 2.36. The van der Waals surface area contributed by atoms with E-state index < -0.39 is 12.0 Å². The zero-order valence-corrected chi connectivity index (χ0v) is 20.4. The first-order valence-electron chi connectivity index (χ1n) is 11.7. The van der Waals surface area contributed by atoms with E-state index in [0.29, 0.717) is 40.2 Å². The average Bonchev–Trinajstić information content (AvgIpc) is 3.62. The number of anilines is 1. The monoisotopic (exact) mass is 517 g/mol. The number of aromatic amines is 2. The molecule has 8 nitrogen and oxygen atoms in total. The van der Waals surface area contributed by atoms with Crippen molar-refractivity contribution in [1.82, 2.24) is 30.1 Å². The standard InChI is InChI=1S/C26H21F2N7OS/c1-2-4-20(36)31-14-9-13(10-29-11-14)23-22(28)21-17(12-30-23)34-35-25(21)26-32-16-6-3-5-15(24(16)33-26)18-7-8-19(27)37-18/h3,5-12,20,31,36H,2,4H2,1H3,(H,32,33)(H,34,35). The Balaban J connectivity index is 1.44. The highest BCUT2D eigenvalue weighted by atomic mass is 32.1. The smallest absolute Gasteiger partial charge is 0.176 e. The number of halogens is 2. The van der Waals surface area contributed by atoms with Crippen LogP contribution in [0.4, 0.5) is 14.5 Å². The van der Waals surface area contributed by atoms with Crippen LogP contribution in [0.5, 0.6) is 0 Å². The molecule has 0 amide bonds. The van der Waals surface area contributed by atoms with E-state index in [2.05, 4.69) is 30.5 Å². The molecule has 0 radical (unpaired) electrons. The molecule has 0 bridgehead atoms. The molecule has 0 saturated carbocycles. The molecule has 11 heteroatoms. The Morgan fingerprint density at radius 2 is 1.97 bits per heavy atom. The van der Waals surface area contributed by atoms with Crippen LogP contribution < -0.4 is 5.32 Å². The molecular formula is C26H21F2N7OS. The van der Waals surface area contributed by atoms with Crippen LogP contribution in [0.15, 0.2) is 55.0 Å². The Morgan fingerprint density at radius 3 is 2.78 bits per heavy atom. The fourth-order valence-electron chi connectivity index (χ4n) is 4.34. The predicted molar refractivity (Wildman–Crippen MR) is 140 cm³/mol. The number of thiophene rings is 1. The molecule has 4 N–H and O–H groups in total. The van der Waals surface area contributed by atoms with Gasteiger partial charge in [-0.15, -0.1) is 11.3 Å².